The Balaban J connectivity index is 1.63. The topological polar surface area (TPSA) is 129 Å². The molecule has 0 spiro atoms. The number of carbonyl (C=O) groups excluding carboxylic acids is 2. The van der Waals surface area contributed by atoms with Crippen LogP contribution in [0.25, 0.3) is 11.0 Å². The molecule has 8 heteroatoms. The third kappa shape index (κ3) is 5.43. The number of aromatic hydroxyl groups is 1. The zero-order valence-corrected chi connectivity index (χ0v) is 20.4. The summed E-state index contributed by atoms with van der Waals surface area (Å²) >= 11 is 0. The fourth-order valence-corrected chi connectivity index (χ4v) is 4.37. The van der Waals surface area contributed by atoms with Gasteiger partial charge in [0.25, 0.3) is 5.91 Å². The quantitative estimate of drug-likeness (QED) is 0.135. The molecule has 3 N–H and O–H groups in total. The lowest BCUT2D eigenvalue weighted by molar-refractivity contribution is -0.119. The first-order valence-electron chi connectivity index (χ1n) is 11.7. The monoisotopic (exact) mass is 498 g/mol. The van der Waals surface area contributed by atoms with Gasteiger partial charge < -0.3 is 20.0 Å². The van der Waals surface area contributed by atoms with Gasteiger partial charge in [0, 0.05) is 18.0 Å². The number of rotatable bonds is 8. The zero-order chi connectivity index (χ0) is 26.5. The van der Waals surface area contributed by atoms with Crippen LogP contribution in [0.4, 0.5) is 5.69 Å². The minimum atomic E-state index is -0.851. The normalized spacial score (nSPS) is 12.3. The molecule has 0 radical (unpaired) electrons. The second-order valence-electron chi connectivity index (χ2n) is 8.80. The molecular formula is C29H26N2O6. The first-order valence-corrected chi connectivity index (χ1v) is 11.7. The Morgan fingerprint density at radius 3 is 2.27 bits per heavy atom. The van der Waals surface area contributed by atoms with Crippen LogP contribution in [-0.2, 0) is 9.59 Å². The van der Waals surface area contributed by atoms with Gasteiger partial charge in [-0.15, -0.1) is 0 Å². The first kappa shape index (κ1) is 25.4. The third-order valence-corrected chi connectivity index (χ3v) is 6.27. The molecule has 0 saturated carbocycles. The standard InChI is InChI=1S/C29H26N2O6/c1-17-9-8-10-18(2)26(17)30-28(34)23(31-36)16-20(32)15-22(19-11-4-3-5-12-19)25-27(33)21-13-6-7-14-24(21)37-29(25)35/h3-14,22,33,36H,15-16H2,1-2H3,(H,30,34)/b31-23-/t22-/m0/s1. The maximum absolute atomic E-state index is 13.2. The summed E-state index contributed by atoms with van der Waals surface area (Å²) in [7, 11) is 0. The molecule has 188 valence electrons. The van der Waals surface area contributed by atoms with Gasteiger partial charge in [-0.1, -0.05) is 65.8 Å². The van der Waals surface area contributed by atoms with Crippen molar-refractivity contribution >= 4 is 34.1 Å². The lowest BCUT2D eigenvalue weighted by Crippen LogP contribution is -2.27. The molecule has 4 rings (SSSR count). The molecule has 1 amide bonds. The molecule has 0 bridgehead atoms. The molecule has 0 unspecified atom stereocenters. The Hall–Kier alpha value is -4.72. The lowest BCUT2D eigenvalue weighted by Gasteiger charge is -2.18. The van der Waals surface area contributed by atoms with E-state index in [0.29, 0.717) is 16.6 Å². The summed E-state index contributed by atoms with van der Waals surface area (Å²) in [5.41, 5.74) is 1.86. The highest BCUT2D eigenvalue weighted by molar-refractivity contribution is 6.45. The second kappa shape index (κ2) is 10.9. The summed E-state index contributed by atoms with van der Waals surface area (Å²) in [5.74, 6) is -2.30. The van der Waals surface area contributed by atoms with E-state index in [2.05, 4.69) is 10.5 Å². The Morgan fingerprint density at radius 1 is 0.946 bits per heavy atom. The van der Waals surface area contributed by atoms with Crippen LogP contribution >= 0.6 is 0 Å². The number of oxime groups is 1. The van der Waals surface area contributed by atoms with E-state index in [0.717, 1.165) is 11.1 Å². The number of para-hydroxylation sites is 2. The summed E-state index contributed by atoms with van der Waals surface area (Å²) in [6.45, 7) is 3.66. The van der Waals surface area contributed by atoms with Crippen LogP contribution in [0.15, 0.2) is 87.2 Å². The molecule has 0 fully saturated rings. The number of fused-ring (bicyclic) bond motifs is 1. The van der Waals surface area contributed by atoms with Crippen LogP contribution in [0.1, 0.15) is 41.0 Å². The van der Waals surface area contributed by atoms with Crippen molar-refractivity contribution in [3.05, 3.63) is 105 Å². The molecule has 3 aromatic carbocycles. The average molecular weight is 499 g/mol. The van der Waals surface area contributed by atoms with E-state index in [1.807, 2.05) is 32.0 Å². The van der Waals surface area contributed by atoms with Crippen LogP contribution in [0, 0.1) is 13.8 Å². The summed E-state index contributed by atoms with van der Waals surface area (Å²) in [6.07, 6.45) is -0.716. The molecule has 1 atom stereocenters. The number of Topliss-reactive ketones (excluding diaryl/α,β-unsaturated/α-hetero) is 1. The molecule has 37 heavy (non-hydrogen) atoms. The van der Waals surface area contributed by atoms with Gasteiger partial charge in [0.15, 0.2) is 5.71 Å². The highest BCUT2D eigenvalue weighted by atomic mass is 16.4. The number of benzene rings is 3. The fourth-order valence-electron chi connectivity index (χ4n) is 4.37. The van der Waals surface area contributed by atoms with Crippen molar-refractivity contribution in [2.45, 2.75) is 32.6 Å². The Labute approximate surface area is 212 Å². The van der Waals surface area contributed by atoms with Crippen molar-refractivity contribution in [3.63, 3.8) is 0 Å². The van der Waals surface area contributed by atoms with Gasteiger partial charge in [-0.3, -0.25) is 9.59 Å². The third-order valence-electron chi connectivity index (χ3n) is 6.27. The van der Waals surface area contributed by atoms with Crippen molar-refractivity contribution in [1.82, 2.24) is 0 Å². The number of nitrogens with zero attached hydrogens (tertiary/aromatic N) is 1. The highest BCUT2D eigenvalue weighted by Gasteiger charge is 2.28. The molecule has 4 aromatic rings. The molecule has 0 aliphatic rings. The molecule has 1 heterocycles. The maximum Gasteiger partial charge on any atom is 0.343 e. The van der Waals surface area contributed by atoms with Crippen molar-refractivity contribution in [2.24, 2.45) is 5.16 Å². The molecule has 8 nitrogen and oxygen atoms in total. The van der Waals surface area contributed by atoms with Gasteiger partial charge in [-0.05, 0) is 42.7 Å². The van der Waals surface area contributed by atoms with E-state index in [1.54, 1.807) is 54.6 Å². The van der Waals surface area contributed by atoms with Crippen LogP contribution in [-0.4, -0.2) is 27.7 Å². The number of anilines is 1. The highest BCUT2D eigenvalue weighted by Crippen LogP contribution is 2.36. The van der Waals surface area contributed by atoms with E-state index < -0.39 is 29.7 Å². The fraction of sp³-hybridized carbons (Fsp3) is 0.172. The minimum Gasteiger partial charge on any atom is -0.507 e. The number of amides is 1. The Bertz CT molecular complexity index is 1540. The molecule has 0 aliphatic carbocycles. The van der Waals surface area contributed by atoms with Gasteiger partial charge in [0.2, 0.25) is 0 Å². The van der Waals surface area contributed by atoms with Crippen molar-refractivity contribution in [3.8, 4) is 5.75 Å². The number of ketones is 1. The van der Waals surface area contributed by atoms with Gasteiger partial charge in [0.05, 0.1) is 17.4 Å². The van der Waals surface area contributed by atoms with Crippen LogP contribution in [0.2, 0.25) is 0 Å². The van der Waals surface area contributed by atoms with Gasteiger partial charge in [0.1, 0.15) is 17.1 Å². The average Bonchev–Trinajstić information content (AvgIpc) is 2.89. The van der Waals surface area contributed by atoms with Crippen LogP contribution in [0.5, 0.6) is 5.75 Å². The van der Waals surface area contributed by atoms with E-state index in [9.17, 15) is 24.7 Å². The number of aryl methyl sites for hydroxylation is 2. The predicted octanol–water partition coefficient (Wildman–Crippen LogP) is 5.07. The lowest BCUT2D eigenvalue weighted by atomic mass is 9.86. The Morgan fingerprint density at radius 2 is 1.59 bits per heavy atom. The summed E-state index contributed by atoms with van der Waals surface area (Å²) in [4.78, 5) is 38.9. The maximum atomic E-state index is 13.2. The number of hydrogen-bond acceptors (Lipinski definition) is 7. The first-order chi connectivity index (χ1) is 17.8. The number of carbonyl (C=O) groups is 2. The van der Waals surface area contributed by atoms with Crippen molar-refractivity contribution < 1.29 is 24.3 Å². The van der Waals surface area contributed by atoms with Gasteiger partial charge in [-0.2, -0.15) is 0 Å². The summed E-state index contributed by atoms with van der Waals surface area (Å²) in [6, 6.07) is 20.9. The van der Waals surface area contributed by atoms with Gasteiger partial charge >= 0.3 is 5.63 Å². The summed E-state index contributed by atoms with van der Waals surface area (Å²) in [5, 5.41) is 26.6. The zero-order valence-electron chi connectivity index (χ0n) is 20.4. The van der Waals surface area contributed by atoms with Gasteiger partial charge in [-0.25, -0.2) is 4.79 Å². The van der Waals surface area contributed by atoms with Crippen molar-refractivity contribution in [1.29, 1.82) is 0 Å². The largest absolute Gasteiger partial charge is 0.507 e. The van der Waals surface area contributed by atoms with Crippen molar-refractivity contribution in [2.75, 3.05) is 5.32 Å². The van der Waals surface area contributed by atoms with E-state index in [-0.39, 0.29) is 29.0 Å². The smallest absolute Gasteiger partial charge is 0.343 e. The van der Waals surface area contributed by atoms with E-state index in [4.69, 9.17) is 4.42 Å². The second-order valence-corrected chi connectivity index (χ2v) is 8.80. The van der Waals surface area contributed by atoms with E-state index >= 15 is 0 Å². The number of hydrogen-bond donors (Lipinski definition) is 3. The SMILES string of the molecule is Cc1cccc(C)c1NC(=O)/C(CC(=O)C[C@@H](c1ccccc1)c1c(O)c2ccccc2oc1=O)=N\O. The van der Waals surface area contributed by atoms with Crippen LogP contribution in [0.3, 0.4) is 0 Å². The van der Waals surface area contributed by atoms with E-state index in [1.165, 1.54) is 0 Å². The number of nitrogens with one attached hydrogen (secondary N) is 1. The summed E-state index contributed by atoms with van der Waals surface area (Å²) < 4.78 is 5.43. The van der Waals surface area contributed by atoms with Crippen LogP contribution < -0.4 is 10.9 Å². The molecule has 0 saturated heterocycles. The molecule has 1 aromatic heterocycles. The minimum absolute atomic E-state index is 0.0549. The molecular weight excluding hydrogens is 472 g/mol. The Kier molecular flexibility index (Phi) is 7.48. The molecule has 0 aliphatic heterocycles. The predicted molar refractivity (Wildman–Crippen MR) is 140 cm³/mol.